The molecule has 4 nitrogen and oxygen atoms in total. The highest BCUT2D eigenvalue weighted by atomic mass is 16.5. The molecule has 1 aromatic rings. The number of nitrogen functional groups attached to an aromatic ring is 1. The van der Waals surface area contributed by atoms with E-state index in [2.05, 4.69) is 5.10 Å². The van der Waals surface area contributed by atoms with E-state index in [0.29, 0.717) is 5.82 Å². The monoisotopic (exact) mass is 195 g/mol. The zero-order chi connectivity index (χ0) is 9.80. The van der Waals surface area contributed by atoms with Crippen LogP contribution in [0.15, 0.2) is 12.3 Å². The fourth-order valence-electron chi connectivity index (χ4n) is 1.85. The Morgan fingerprint density at radius 2 is 2.29 bits per heavy atom. The lowest BCUT2D eigenvalue weighted by Gasteiger charge is -2.21. The van der Waals surface area contributed by atoms with E-state index < -0.39 is 0 Å². The third-order valence-electron chi connectivity index (χ3n) is 2.77. The summed E-state index contributed by atoms with van der Waals surface area (Å²) in [6.07, 6.45) is 5.51. The van der Waals surface area contributed by atoms with Crippen LogP contribution in [0.4, 0.5) is 5.82 Å². The Hall–Kier alpha value is -1.03. The highest BCUT2D eigenvalue weighted by molar-refractivity contribution is 5.23. The minimum Gasteiger partial charge on any atom is -0.382 e. The molecule has 2 rings (SSSR count). The van der Waals surface area contributed by atoms with Crippen LogP contribution in [-0.2, 0) is 11.3 Å². The van der Waals surface area contributed by atoms with Gasteiger partial charge in [-0.1, -0.05) is 0 Å². The van der Waals surface area contributed by atoms with Crippen molar-refractivity contribution in [3.05, 3.63) is 12.3 Å². The lowest BCUT2D eigenvalue weighted by Crippen LogP contribution is -2.17. The number of anilines is 1. The van der Waals surface area contributed by atoms with Crippen molar-refractivity contribution in [2.75, 3.05) is 18.9 Å². The van der Waals surface area contributed by atoms with Gasteiger partial charge in [0.2, 0.25) is 0 Å². The Morgan fingerprint density at radius 1 is 1.50 bits per heavy atom. The van der Waals surface area contributed by atoms with Crippen molar-refractivity contribution in [2.45, 2.75) is 25.8 Å². The Morgan fingerprint density at radius 3 is 2.93 bits per heavy atom. The molecule has 2 N–H and O–H groups in total. The fourth-order valence-corrected chi connectivity index (χ4v) is 1.85. The van der Waals surface area contributed by atoms with Gasteiger partial charge in [-0.15, -0.1) is 0 Å². The SMILES string of the molecule is Nc1ccn(CCC2CCOCC2)n1. The molecular formula is C10H17N3O. The van der Waals surface area contributed by atoms with Crippen LogP contribution in [-0.4, -0.2) is 23.0 Å². The number of aromatic nitrogens is 2. The predicted molar refractivity (Wildman–Crippen MR) is 54.8 cm³/mol. The van der Waals surface area contributed by atoms with Crippen LogP contribution in [0.25, 0.3) is 0 Å². The molecule has 14 heavy (non-hydrogen) atoms. The maximum Gasteiger partial charge on any atom is 0.145 e. The molecule has 1 saturated heterocycles. The van der Waals surface area contributed by atoms with Gasteiger partial charge < -0.3 is 10.5 Å². The number of hydrogen-bond donors (Lipinski definition) is 1. The second-order valence-electron chi connectivity index (χ2n) is 3.85. The van der Waals surface area contributed by atoms with Gasteiger partial charge in [0, 0.05) is 26.0 Å². The highest BCUT2D eigenvalue weighted by Crippen LogP contribution is 2.18. The van der Waals surface area contributed by atoms with Gasteiger partial charge in [-0.25, -0.2) is 0 Å². The summed E-state index contributed by atoms with van der Waals surface area (Å²) in [5, 5.41) is 4.16. The predicted octanol–water partition coefficient (Wildman–Crippen LogP) is 1.28. The molecule has 0 unspecified atom stereocenters. The average molecular weight is 195 g/mol. The van der Waals surface area contributed by atoms with E-state index in [9.17, 15) is 0 Å². The topological polar surface area (TPSA) is 53.1 Å². The van der Waals surface area contributed by atoms with Crippen LogP contribution in [0.5, 0.6) is 0 Å². The number of aryl methyl sites for hydroxylation is 1. The van der Waals surface area contributed by atoms with Crippen molar-refractivity contribution in [1.82, 2.24) is 9.78 Å². The van der Waals surface area contributed by atoms with Crippen molar-refractivity contribution in [3.63, 3.8) is 0 Å². The number of nitrogens with two attached hydrogens (primary N) is 1. The van der Waals surface area contributed by atoms with E-state index in [1.165, 1.54) is 19.3 Å². The van der Waals surface area contributed by atoms with Gasteiger partial charge in [0.05, 0.1) is 0 Å². The molecule has 2 heterocycles. The van der Waals surface area contributed by atoms with Crippen molar-refractivity contribution < 1.29 is 4.74 Å². The summed E-state index contributed by atoms with van der Waals surface area (Å²) in [5.41, 5.74) is 5.54. The second-order valence-corrected chi connectivity index (χ2v) is 3.85. The fraction of sp³-hybridized carbons (Fsp3) is 0.700. The summed E-state index contributed by atoms with van der Waals surface area (Å²) in [6.45, 7) is 2.82. The molecule has 0 aromatic carbocycles. The van der Waals surface area contributed by atoms with Gasteiger partial charge in [-0.05, 0) is 31.2 Å². The van der Waals surface area contributed by atoms with Gasteiger partial charge in [0.1, 0.15) is 5.82 Å². The summed E-state index contributed by atoms with van der Waals surface area (Å²) in [6, 6.07) is 1.84. The second kappa shape index (κ2) is 4.46. The molecule has 0 radical (unpaired) electrons. The van der Waals surface area contributed by atoms with Gasteiger partial charge in [0.25, 0.3) is 0 Å². The zero-order valence-corrected chi connectivity index (χ0v) is 8.35. The Kier molecular flexibility index (Phi) is 3.03. The van der Waals surface area contributed by atoms with Gasteiger partial charge in [-0.3, -0.25) is 4.68 Å². The molecule has 0 amide bonds. The highest BCUT2D eigenvalue weighted by Gasteiger charge is 2.13. The van der Waals surface area contributed by atoms with E-state index >= 15 is 0 Å². The lowest BCUT2D eigenvalue weighted by molar-refractivity contribution is 0.0623. The molecule has 0 atom stereocenters. The Bertz CT molecular complexity index is 279. The summed E-state index contributed by atoms with van der Waals surface area (Å²) in [5.74, 6) is 1.41. The molecule has 1 aliphatic heterocycles. The van der Waals surface area contributed by atoms with Gasteiger partial charge in [0.15, 0.2) is 0 Å². The molecular weight excluding hydrogens is 178 g/mol. The molecule has 4 heteroatoms. The van der Waals surface area contributed by atoms with Crippen molar-refractivity contribution >= 4 is 5.82 Å². The van der Waals surface area contributed by atoms with Crippen LogP contribution in [0, 0.1) is 5.92 Å². The Balaban J connectivity index is 1.76. The molecule has 78 valence electrons. The molecule has 0 spiro atoms. The quantitative estimate of drug-likeness (QED) is 0.790. The maximum absolute atomic E-state index is 5.54. The van der Waals surface area contributed by atoms with E-state index in [-0.39, 0.29) is 0 Å². The molecule has 1 aromatic heterocycles. The molecule has 1 fully saturated rings. The summed E-state index contributed by atoms with van der Waals surface area (Å²) in [7, 11) is 0. The standard InChI is InChI=1S/C10H17N3O/c11-10-2-6-13(12-10)5-1-9-3-7-14-8-4-9/h2,6,9H,1,3-5,7-8H2,(H2,11,12). The summed E-state index contributed by atoms with van der Waals surface area (Å²) < 4.78 is 7.23. The van der Waals surface area contributed by atoms with E-state index in [4.69, 9.17) is 10.5 Å². The molecule has 0 aliphatic carbocycles. The smallest absolute Gasteiger partial charge is 0.145 e. The van der Waals surface area contributed by atoms with Crippen LogP contribution in [0.3, 0.4) is 0 Å². The molecule has 0 saturated carbocycles. The first-order valence-corrected chi connectivity index (χ1v) is 5.21. The van der Waals surface area contributed by atoms with Crippen LogP contribution < -0.4 is 5.73 Å². The zero-order valence-electron chi connectivity index (χ0n) is 8.35. The van der Waals surface area contributed by atoms with E-state index in [1.54, 1.807) is 0 Å². The van der Waals surface area contributed by atoms with Crippen molar-refractivity contribution in [1.29, 1.82) is 0 Å². The van der Waals surface area contributed by atoms with E-state index in [0.717, 1.165) is 25.7 Å². The average Bonchev–Trinajstić information content (AvgIpc) is 2.63. The minimum atomic E-state index is 0.608. The van der Waals surface area contributed by atoms with Crippen molar-refractivity contribution in [3.8, 4) is 0 Å². The Labute approximate surface area is 84.0 Å². The molecule has 0 bridgehead atoms. The van der Waals surface area contributed by atoms with Gasteiger partial charge >= 0.3 is 0 Å². The maximum atomic E-state index is 5.54. The minimum absolute atomic E-state index is 0.608. The van der Waals surface area contributed by atoms with Gasteiger partial charge in [-0.2, -0.15) is 5.10 Å². The largest absolute Gasteiger partial charge is 0.382 e. The number of rotatable bonds is 3. The van der Waals surface area contributed by atoms with E-state index in [1.807, 2.05) is 16.9 Å². The van der Waals surface area contributed by atoms with Crippen LogP contribution in [0.2, 0.25) is 0 Å². The third kappa shape index (κ3) is 2.48. The summed E-state index contributed by atoms with van der Waals surface area (Å²) in [4.78, 5) is 0. The lowest BCUT2D eigenvalue weighted by atomic mass is 9.97. The number of hydrogen-bond acceptors (Lipinski definition) is 3. The normalized spacial score (nSPS) is 18.6. The van der Waals surface area contributed by atoms with Crippen LogP contribution in [0.1, 0.15) is 19.3 Å². The number of nitrogens with zero attached hydrogens (tertiary/aromatic N) is 2. The van der Waals surface area contributed by atoms with Crippen molar-refractivity contribution in [2.24, 2.45) is 5.92 Å². The third-order valence-corrected chi connectivity index (χ3v) is 2.77. The first kappa shape index (κ1) is 9.52. The molecule has 1 aliphatic rings. The first-order valence-electron chi connectivity index (χ1n) is 5.21. The first-order chi connectivity index (χ1) is 6.84. The van der Waals surface area contributed by atoms with Crippen LogP contribution >= 0.6 is 0 Å². The number of ether oxygens (including phenoxy) is 1. The summed E-state index contributed by atoms with van der Waals surface area (Å²) >= 11 is 0.